The van der Waals surface area contributed by atoms with Gasteiger partial charge in [-0.1, -0.05) is 23.7 Å². The zero-order valence-electron chi connectivity index (χ0n) is 10.5. The van der Waals surface area contributed by atoms with E-state index in [-0.39, 0.29) is 22.9 Å². The molecule has 2 radical (unpaired) electrons. The van der Waals surface area contributed by atoms with Crippen molar-refractivity contribution in [1.82, 2.24) is 4.90 Å². The Balaban J connectivity index is 2.44. The first-order chi connectivity index (χ1) is 9.47. The van der Waals surface area contributed by atoms with Gasteiger partial charge in [0, 0.05) is 11.6 Å². The monoisotopic (exact) mass is 301 g/mol. The van der Waals surface area contributed by atoms with Crippen LogP contribution >= 0.6 is 11.6 Å². The molecule has 0 heterocycles. The predicted molar refractivity (Wildman–Crippen MR) is 70.6 cm³/mol. The maximum absolute atomic E-state index is 14.0. The highest BCUT2D eigenvalue weighted by molar-refractivity contribution is 6.30. The Morgan fingerprint density at radius 2 is 2.10 bits per heavy atom. The molecule has 20 heavy (non-hydrogen) atoms. The Morgan fingerprint density at radius 3 is 2.60 bits per heavy atom. The molecule has 0 spiro atoms. The summed E-state index contributed by atoms with van der Waals surface area (Å²) in [4.78, 5) is 12.8. The van der Waals surface area contributed by atoms with Gasteiger partial charge in [-0.25, -0.2) is 13.2 Å². The third-order valence-electron chi connectivity index (χ3n) is 3.24. The van der Waals surface area contributed by atoms with Crippen molar-refractivity contribution in [3.63, 3.8) is 0 Å². The SMILES string of the molecule is [B]CC(=O)N(C1CC1)C(c1cccc(Cl)c1F)C(F)F. The van der Waals surface area contributed by atoms with Crippen LogP contribution in [0.4, 0.5) is 13.2 Å². The Bertz CT molecular complexity index is 510. The van der Waals surface area contributed by atoms with E-state index in [0.717, 1.165) is 4.90 Å². The molecule has 1 aliphatic carbocycles. The zero-order valence-corrected chi connectivity index (χ0v) is 11.3. The van der Waals surface area contributed by atoms with Gasteiger partial charge >= 0.3 is 0 Å². The fourth-order valence-corrected chi connectivity index (χ4v) is 2.38. The zero-order chi connectivity index (χ0) is 14.9. The van der Waals surface area contributed by atoms with Crippen LogP contribution in [0.25, 0.3) is 0 Å². The quantitative estimate of drug-likeness (QED) is 0.764. The fraction of sp³-hybridized carbons (Fsp3) is 0.462. The highest BCUT2D eigenvalue weighted by atomic mass is 35.5. The number of rotatable bonds is 5. The van der Waals surface area contributed by atoms with Crippen LogP contribution in [0.2, 0.25) is 11.3 Å². The molecule has 2 nitrogen and oxygen atoms in total. The summed E-state index contributed by atoms with van der Waals surface area (Å²) in [5.41, 5.74) is -0.277. The highest BCUT2D eigenvalue weighted by Crippen LogP contribution is 2.39. The Morgan fingerprint density at radius 1 is 1.45 bits per heavy atom. The van der Waals surface area contributed by atoms with Gasteiger partial charge in [0.2, 0.25) is 5.91 Å². The van der Waals surface area contributed by atoms with E-state index in [1.165, 1.54) is 18.2 Å². The van der Waals surface area contributed by atoms with Crippen LogP contribution < -0.4 is 0 Å². The van der Waals surface area contributed by atoms with E-state index >= 15 is 0 Å². The molecule has 2 rings (SSSR count). The summed E-state index contributed by atoms with van der Waals surface area (Å²) in [6, 6.07) is 1.92. The van der Waals surface area contributed by atoms with E-state index in [9.17, 15) is 18.0 Å². The largest absolute Gasteiger partial charge is 0.327 e. The molecular weight excluding hydrogens is 289 g/mol. The average molecular weight is 302 g/mol. The van der Waals surface area contributed by atoms with Gasteiger partial charge in [0.15, 0.2) is 0 Å². The Kier molecular flexibility index (Phi) is 4.63. The van der Waals surface area contributed by atoms with Crippen LogP contribution in [0, 0.1) is 5.82 Å². The Labute approximate surface area is 121 Å². The number of amides is 1. The fourth-order valence-electron chi connectivity index (χ4n) is 2.20. The number of carbonyl (C=O) groups excluding carboxylic acids is 1. The van der Waals surface area contributed by atoms with Crippen LogP contribution in [0.15, 0.2) is 18.2 Å². The van der Waals surface area contributed by atoms with E-state index in [2.05, 4.69) is 0 Å². The number of carbonyl (C=O) groups is 1. The standard InChI is InChI=1S/C13H12BClF3NO/c14-6-10(20)19(7-4-5-7)12(13(17)18)8-2-1-3-9(15)11(8)16/h1-3,7,12-13H,4-6H2. The molecule has 1 saturated carbocycles. The summed E-state index contributed by atoms with van der Waals surface area (Å²) in [5.74, 6) is -1.54. The first kappa shape index (κ1) is 15.2. The molecule has 0 saturated heterocycles. The lowest BCUT2D eigenvalue weighted by Gasteiger charge is -2.32. The minimum Gasteiger partial charge on any atom is -0.327 e. The summed E-state index contributed by atoms with van der Waals surface area (Å²) in [6.07, 6.45) is -2.06. The molecule has 0 aromatic heterocycles. The molecule has 1 unspecified atom stereocenters. The summed E-state index contributed by atoms with van der Waals surface area (Å²) in [6.45, 7) is 0. The lowest BCUT2D eigenvalue weighted by Crippen LogP contribution is -2.40. The Hall–Kier alpha value is -1.17. The van der Waals surface area contributed by atoms with Gasteiger partial charge in [0.25, 0.3) is 6.43 Å². The lowest BCUT2D eigenvalue weighted by molar-refractivity contribution is -0.136. The van der Waals surface area contributed by atoms with Gasteiger partial charge in [-0.05, 0) is 25.2 Å². The van der Waals surface area contributed by atoms with E-state index in [1.54, 1.807) is 0 Å². The summed E-state index contributed by atoms with van der Waals surface area (Å²) < 4.78 is 40.8. The van der Waals surface area contributed by atoms with Gasteiger partial charge in [-0.2, -0.15) is 0 Å². The molecule has 1 aromatic rings. The molecule has 0 bridgehead atoms. The van der Waals surface area contributed by atoms with E-state index < -0.39 is 24.2 Å². The van der Waals surface area contributed by atoms with Crippen molar-refractivity contribution in [3.8, 4) is 0 Å². The second kappa shape index (κ2) is 6.08. The van der Waals surface area contributed by atoms with Crippen LogP contribution in [0.5, 0.6) is 0 Å². The minimum atomic E-state index is -2.92. The second-order valence-corrected chi connectivity index (χ2v) is 5.07. The average Bonchev–Trinajstić information content (AvgIpc) is 3.23. The number of hydrogen-bond donors (Lipinski definition) is 0. The number of hydrogen-bond acceptors (Lipinski definition) is 1. The van der Waals surface area contributed by atoms with Gasteiger partial charge < -0.3 is 4.90 Å². The molecule has 0 aliphatic heterocycles. The third-order valence-corrected chi connectivity index (χ3v) is 3.53. The molecule has 1 fully saturated rings. The van der Waals surface area contributed by atoms with Crippen molar-refractivity contribution in [3.05, 3.63) is 34.6 Å². The maximum Gasteiger partial charge on any atom is 0.262 e. The number of nitrogens with zero attached hydrogens (tertiary/aromatic N) is 1. The molecule has 1 aliphatic rings. The molecule has 1 amide bonds. The van der Waals surface area contributed by atoms with Crippen LogP contribution in [0.1, 0.15) is 24.4 Å². The third kappa shape index (κ3) is 2.95. The number of benzene rings is 1. The topological polar surface area (TPSA) is 20.3 Å². The van der Waals surface area contributed by atoms with Gasteiger partial charge in [0.1, 0.15) is 11.9 Å². The van der Waals surface area contributed by atoms with Gasteiger partial charge in [0.05, 0.1) is 12.9 Å². The molecule has 7 heteroatoms. The summed E-state index contributed by atoms with van der Waals surface area (Å²) in [5, 5.41) is -0.246. The van der Waals surface area contributed by atoms with Gasteiger partial charge in [-0.3, -0.25) is 4.79 Å². The van der Waals surface area contributed by atoms with Crippen molar-refractivity contribution in [2.75, 3.05) is 0 Å². The highest BCUT2D eigenvalue weighted by Gasteiger charge is 2.42. The maximum atomic E-state index is 14.0. The van der Waals surface area contributed by atoms with Crippen molar-refractivity contribution < 1.29 is 18.0 Å². The summed E-state index contributed by atoms with van der Waals surface area (Å²) >= 11 is 5.63. The molecular formula is C13H12BClF3NO. The van der Waals surface area contributed by atoms with Crippen molar-refractivity contribution in [2.45, 2.75) is 37.7 Å². The van der Waals surface area contributed by atoms with E-state index in [0.29, 0.717) is 12.8 Å². The molecule has 106 valence electrons. The van der Waals surface area contributed by atoms with Crippen molar-refractivity contribution >= 4 is 25.4 Å². The molecule has 1 aromatic carbocycles. The predicted octanol–water partition coefficient (Wildman–Crippen LogP) is 3.36. The smallest absolute Gasteiger partial charge is 0.262 e. The minimum absolute atomic E-state index is 0.246. The van der Waals surface area contributed by atoms with Crippen molar-refractivity contribution in [2.24, 2.45) is 0 Å². The van der Waals surface area contributed by atoms with Gasteiger partial charge in [-0.15, -0.1) is 0 Å². The summed E-state index contributed by atoms with van der Waals surface area (Å²) in [7, 11) is 5.27. The van der Waals surface area contributed by atoms with Crippen LogP contribution in [-0.4, -0.2) is 31.1 Å². The van der Waals surface area contributed by atoms with Crippen molar-refractivity contribution in [1.29, 1.82) is 0 Å². The van der Waals surface area contributed by atoms with E-state index in [4.69, 9.17) is 19.4 Å². The van der Waals surface area contributed by atoms with E-state index in [1.807, 2.05) is 0 Å². The number of halogens is 4. The first-order valence-corrected chi connectivity index (χ1v) is 6.58. The molecule has 1 atom stereocenters. The number of alkyl halides is 2. The van der Waals surface area contributed by atoms with Crippen LogP contribution in [-0.2, 0) is 4.79 Å². The van der Waals surface area contributed by atoms with Crippen LogP contribution in [0.3, 0.4) is 0 Å². The molecule has 0 N–H and O–H groups in total. The lowest BCUT2D eigenvalue weighted by atomic mass is 9.99. The first-order valence-electron chi connectivity index (χ1n) is 6.20. The second-order valence-electron chi connectivity index (χ2n) is 4.66. The normalized spacial score (nSPS) is 16.2.